The fourth-order valence-corrected chi connectivity index (χ4v) is 4.81. The van der Waals surface area contributed by atoms with E-state index in [1.807, 2.05) is 0 Å². The van der Waals surface area contributed by atoms with E-state index in [0.717, 1.165) is 35.2 Å². The number of nitrogens with zero attached hydrogens (tertiary/aromatic N) is 3. The van der Waals surface area contributed by atoms with E-state index in [-0.39, 0.29) is 41.5 Å². The molecule has 10 nitrogen and oxygen atoms in total. The van der Waals surface area contributed by atoms with Crippen molar-refractivity contribution in [1.82, 2.24) is 19.4 Å². The van der Waals surface area contributed by atoms with Crippen LogP contribution in [0.25, 0.3) is 5.69 Å². The quantitative estimate of drug-likeness (QED) is 0.247. The van der Waals surface area contributed by atoms with Gasteiger partial charge in [-0.25, -0.2) is 26.9 Å². The molecule has 3 aromatic rings. The van der Waals surface area contributed by atoms with Gasteiger partial charge < -0.3 is 25.7 Å². The number of hydrogen-bond acceptors (Lipinski definition) is 7. The molecule has 0 bridgehead atoms. The Kier molecular flexibility index (Phi) is 8.49. The minimum absolute atomic E-state index is 0.0363. The minimum Gasteiger partial charge on any atom is -0.452 e. The third-order valence-electron chi connectivity index (χ3n) is 7.11. The number of allylic oxidation sites excluding steroid dienone is 2. The van der Waals surface area contributed by atoms with Crippen LogP contribution >= 0.6 is 0 Å². The number of alkyl halides is 2. The Morgan fingerprint density at radius 1 is 1.13 bits per heavy atom. The topological polar surface area (TPSA) is 121 Å². The summed E-state index contributed by atoms with van der Waals surface area (Å²) in [6.07, 6.45) is 6.07. The molecule has 0 radical (unpaired) electrons. The first-order valence-electron chi connectivity index (χ1n) is 13.8. The number of likely N-dealkylation sites (tertiary alicyclic amines) is 1. The lowest BCUT2D eigenvalue weighted by Gasteiger charge is -2.25. The minimum atomic E-state index is -2.84. The predicted octanol–water partition coefficient (Wildman–Crippen LogP) is 4.69. The molecule has 2 aliphatic heterocycles. The lowest BCUT2D eigenvalue weighted by molar-refractivity contribution is 0.0153. The summed E-state index contributed by atoms with van der Waals surface area (Å²) in [6.45, 7) is 2.98. The Hall–Kier alpha value is -5.40. The van der Waals surface area contributed by atoms with Gasteiger partial charge in [0.1, 0.15) is 11.4 Å². The number of carbonyl (C=O) groups excluding carboxylic acids is 1. The molecule has 5 rings (SSSR count). The molecule has 3 heterocycles. The Morgan fingerprint density at radius 2 is 1.87 bits per heavy atom. The highest BCUT2D eigenvalue weighted by molar-refractivity contribution is 6.03. The lowest BCUT2D eigenvalue weighted by Crippen LogP contribution is -2.42. The second kappa shape index (κ2) is 12.3. The molecule has 0 saturated carbocycles. The summed E-state index contributed by atoms with van der Waals surface area (Å²) in [6, 6.07) is 7.67. The monoisotopic (exact) mass is 624 g/mol. The molecule has 1 fully saturated rings. The average molecular weight is 625 g/mol. The van der Waals surface area contributed by atoms with Gasteiger partial charge in [0.15, 0.2) is 17.3 Å². The van der Waals surface area contributed by atoms with Gasteiger partial charge in [0, 0.05) is 55.4 Å². The molecule has 1 amide bonds. The molecule has 1 saturated heterocycles. The van der Waals surface area contributed by atoms with Crippen LogP contribution in [0.1, 0.15) is 36.7 Å². The lowest BCUT2D eigenvalue weighted by atomic mass is 10.2. The maximum absolute atomic E-state index is 15.2. The average Bonchev–Trinajstić information content (AvgIpc) is 3.35. The Morgan fingerprint density at radius 3 is 2.49 bits per heavy atom. The third kappa shape index (κ3) is 6.59. The molecule has 0 unspecified atom stereocenters. The van der Waals surface area contributed by atoms with Gasteiger partial charge >= 0.3 is 5.69 Å². The van der Waals surface area contributed by atoms with Crippen LogP contribution in [-0.4, -0.2) is 45.2 Å². The summed E-state index contributed by atoms with van der Waals surface area (Å²) in [7, 11) is 0. The molecular weight excluding hydrogens is 596 g/mol. The molecule has 1 aromatic heterocycles. The summed E-state index contributed by atoms with van der Waals surface area (Å²) >= 11 is 0. The molecule has 14 heteroatoms. The van der Waals surface area contributed by atoms with Crippen LogP contribution in [0.2, 0.25) is 0 Å². The van der Waals surface area contributed by atoms with E-state index < -0.39 is 52.9 Å². The molecule has 3 N–H and O–H groups in total. The molecule has 2 aliphatic rings. The fraction of sp³-hybridized carbons (Fsp3) is 0.226. The predicted molar refractivity (Wildman–Crippen MR) is 159 cm³/mol. The normalized spacial score (nSPS) is 16.7. The van der Waals surface area contributed by atoms with Gasteiger partial charge in [-0.15, -0.1) is 0 Å². The smallest absolute Gasteiger partial charge is 0.335 e. The van der Waals surface area contributed by atoms with E-state index in [2.05, 4.69) is 10.6 Å². The highest BCUT2D eigenvalue weighted by Gasteiger charge is 2.39. The number of dihydropyridines is 1. The van der Waals surface area contributed by atoms with E-state index >= 15 is 4.39 Å². The van der Waals surface area contributed by atoms with E-state index in [1.165, 1.54) is 52.1 Å². The SMILES string of the molecule is CC(C)n1cc(C(=O)Nc2ccc(OC3=CC(N4CCC(F)(F)C4)=CN/C3=C\C=N)c(F)c2)c(=O)n(-c2ccc(F)cc2)c1=O. The van der Waals surface area contributed by atoms with Crippen LogP contribution in [0, 0.1) is 17.0 Å². The molecule has 0 atom stereocenters. The maximum Gasteiger partial charge on any atom is 0.335 e. The number of nitrogens with one attached hydrogen (secondary N) is 3. The van der Waals surface area contributed by atoms with Crippen LogP contribution < -0.4 is 26.6 Å². The Bertz CT molecular complexity index is 1880. The van der Waals surface area contributed by atoms with Crippen LogP contribution in [0.5, 0.6) is 5.75 Å². The van der Waals surface area contributed by atoms with Crippen LogP contribution in [0.4, 0.5) is 23.2 Å². The number of halogens is 4. The van der Waals surface area contributed by atoms with Crippen molar-refractivity contribution in [3.63, 3.8) is 0 Å². The first-order valence-corrected chi connectivity index (χ1v) is 13.8. The van der Waals surface area contributed by atoms with Crippen molar-refractivity contribution in [3.8, 4) is 11.4 Å². The zero-order chi connectivity index (χ0) is 32.5. The standard InChI is InChI=1S/C31H28F4N6O4/c1-18(2)40-16-23(29(43)41(30(40)44)21-6-3-19(32)4-7-21)28(42)38-20-5-8-26(24(33)13-20)45-27-14-22(15-37-25(27)9-11-36)39-12-10-31(34,35)17-39/h3-9,11,13-16,18,36-37H,10,12,17H2,1-2H3,(H,38,42)/b25-9-,36-11?. The second-order valence-electron chi connectivity index (χ2n) is 10.6. The van der Waals surface area contributed by atoms with Crippen molar-refractivity contribution in [3.05, 3.63) is 122 Å². The summed E-state index contributed by atoms with van der Waals surface area (Å²) in [4.78, 5) is 41.0. The Labute approximate surface area is 254 Å². The first kappa shape index (κ1) is 31.0. The van der Waals surface area contributed by atoms with Crippen molar-refractivity contribution in [2.24, 2.45) is 0 Å². The summed E-state index contributed by atoms with van der Waals surface area (Å²) in [5.74, 6) is -5.44. The number of hydrogen-bond donors (Lipinski definition) is 3. The zero-order valence-corrected chi connectivity index (χ0v) is 24.1. The third-order valence-corrected chi connectivity index (χ3v) is 7.11. The molecule has 2 aromatic carbocycles. The van der Waals surface area contributed by atoms with Crippen LogP contribution in [0.3, 0.4) is 0 Å². The largest absolute Gasteiger partial charge is 0.452 e. The Balaban J connectivity index is 1.41. The fourth-order valence-electron chi connectivity index (χ4n) is 4.81. The van der Waals surface area contributed by atoms with Crippen molar-refractivity contribution in [2.45, 2.75) is 32.2 Å². The van der Waals surface area contributed by atoms with E-state index in [9.17, 15) is 27.6 Å². The molecule has 45 heavy (non-hydrogen) atoms. The summed E-state index contributed by atoms with van der Waals surface area (Å²) in [5.41, 5.74) is -1.40. The van der Waals surface area contributed by atoms with Gasteiger partial charge in [-0.3, -0.25) is 14.2 Å². The number of benzene rings is 2. The highest BCUT2D eigenvalue weighted by Crippen LogP contribution is 2.32. The number of ether oxygens (including phenoxy) is 1. The van der Waals surface area contributed by atoms with Crippen molar-refractivity contribution in [2.75, 3.05) is 18.4 Å². The van der Waals surface area contributed by atoms with E-state index in [4.69, 9.17) is 10.1 Å². The van der Waals surface area contributed by atoms with Gasteiger partial charge in [-0.05, 0) is 56.3 Å². The van der Waals surface area contributed by atoms with Gasteiger partial charge in [0.25, 0.3) is 17.4 Å². The number of amides is 1. The van der Waals surface area contributed by atoms with Gasteiger partial charge in [0.05, 0.1) is 23.6 Å². The number of anilines is 1. The van der Waals surface area contributed by atoms with Gasteiger partial charge in [0.2, 0.25) is 0 Å². The maximum atomic E-state index is 15.2. The van der Waals surface area contributed by atoms with Crippen LogP contribution in [0.15, 0.2) is 93.8 Å². The van der Waals surface area contributed by atoms with Crippen LogP contribution in [-0.2, 0) is 0 Å². The van der Waals surface area contributed by atoms with Crippen molar-refractivity contribution < 1.29 is 27.1 Å². The number of aromatic nitrogens is 2. The highest BCUT2D eigenvalue weighted by atomic mass is 19.3. The summed E-state index contributed by atoms with van der Waals surface area (Å²) in [5, 5.41) is 12.7. The molecule has 0 aliphatic carbocycles. The van der Waals surface area contributed by atoms with E-state index in [0.29, 0.717) is 5.70 Å². The molecular formula is C31H28F4N6O4. The van der Waals surface area contributed by atoms with Crippen molar-refractivity contribution >= 4 is 17.8 Å². The number of carbonyl (C=O) groups is 1. The zero-order valence-electron chi connectivity index (χ0n) is 24.1. The van der Waals surface area contributed by atoms with Gasteiger partial charge in [-0.2, -0.15) is 0 Å². The van der Waals surface area contributed by atoms with E-state index in [1.54, 1.807) is 13.8 Å². The molecule has 0 spiro atoms. The molecule has 234 valence electrons. The second-order valence-corrected chi connectivity index (χ2v) is 10.6. The summed E-state index contributed by atoms with van der Waals surface area (Å²) < 4.78 is 64.0. The number of rotatable bonds is 8. The first-order chi connectivity index (χ1) is 21.4. The van der Waals surface area contributed by atoms with Crippen molar-refractivity contribution in [1.29, 1.82) is 5.41 Å². The van der Waals surface area contributed by atoms with Gasteiger partial charge in [-0.1, -0.05) is 0 Å².